The van der Waals surface area contributed by atoms with Crippen LogP contribution in [0.5, 0.6) is 0 Å². The van der Waals surface area contributed by atoms with Crippen molar-refractivity contribution in [3.63, 3.8) is 0 Å². The lowest BCUT2D eigenvalue weighted by Crippen LogP contribution is -2.32. The van der Waals surface area contributed by atoms with Gasteiger partial charge in [-0.15, -0.1) is 0 Å². The Labute approximate surface area is 198 Å². The third-order valence-corrected chi connectivity index (χ3v) is 7.43. The van der Waals surface area contributed by atoms with Crippen molar-refractivity contribution in [1.29, 1.82) is 0 Å². The number of nitrogens with zero attached hydrogens (tertiary/aromatic N) is 3. The van der Waals surface area contributed by atoms with Crippen molar-refractivity contribution in [2.75, 3.05) is 17.8 Å². The average molecular weight is 489 g/mol. The molecule has 10 heteroatoms. The second-order valence-electron chi connectivity index (χ2n) is 8.20. The Kier molecular flexibility index (Phi) is 6.71. The maximum atomic E-state index is 13.1. The maximum Gasteiger partial charge on any atom is 0.316 e. The third-order valence-electron chi connectivity index (χ3n) is 5.61. The van der Waals surface area contributed by atoms with Gasteiger partial charge in [0.05, 0.1) is 15.6 Å². The maximum absolute atomic E-state index is 13.1. The van der Waals surface area contributed by atoms with Gasteiger partial charge in [0.15, 0.2) is 0 Å². The standard InChI is InChI=1S/C23H25ClN4O4S/c1-15-7-10-19(18(24)13-15)27-33(30,31)20-14-17(9-8-16(20)2)21-25-22(32-26-21)23(29)28-11-5-3-4-6-12-28/h7-10,13-14,27H,3-6,11-12H2,1-2H3. The molecule has 2 heterocycles. The molecule has 8 nitrogen and oxygen atoms in total. The highest BCUT2D eigenvalue weighted by atomic mass is 35.5. The van der Waals surface area contributed by atoms with Gasteiger partial charge >= 0.3 is 11.8 Å². The molecule has 0 atom stereocenters. The largest absolute Gasteiger partial charge is 0.334 e. The number of likely N-dealkylation sites (tertiary alicyclic amines) is 1. The minimum atomic E-state index is -3.94. The summed E-state index contributed by atoms with van der Waals surface area (Å²) < 4.78 is 34.0. The van der Waals surface area contributed by atoms with Crippen LogP contribution < -0.4 is 4.72 Å². The molecular weight excluding hydrogens is 464 g/mol. The number of aromatic nitrogens is 2. The lowest BCUT2D eigenvalue weighted by atomic mass is 10.1. The van der Waals surface area contributed by atoms with Gasteiger partial charge in [-0.3, -0.25) is 9.52 Å². The molecule has 1 fully saturated rings. The summed E-state index contributed by atoms with van der Waals surface area (Å²) in [6.07, 6.45) is 4.09. The molecule has 2 aromatic carbocycles. The third kappa shape index (κ3) is 5.20. The first-order chi connectivity index (χ1) is 15.7. The Morgan fingerprint density at radius 3 is 2.48 bits per heavy atom. The number of hydrogen-bond donors (Lipinski definition) is 1. The van der Waals surface area contributed by atoms with E-state index >= 15 is 0 Å². The van der Waals surface area contributed by atoms with E-state index in [1.54, 1.807) is 42.2 Å². The summed E-state index contributed by atoms with van der Waals surface area (Å²) in [5, 5.41) is 4.22. The van der Waals surface area contributed by atoms with Crippen molar-refractivity contribution in [3.05, 3.63) is 58.4 Å². The molecule has 1 aliphatic rings. The molecule has 4 rings (SSSR count). The summed E-state index contributed by atoms with van der Waals surface area (Å²) in [6, 6.07) is 9.89. The number of carbonyl (C=O) groups is 1. The number of sulfonamides is 1. The van der Waals surface area contributed by atoms with Crippen LogP contribution in [0, 0.1) is 13.8 Å². The average Bonchev–Trinajstić information content (AvgIpc) is 3.10. The molecule has 0 unspecified atom stereocenters. The predicted molar refractivity (Wildman–Crippen MR) is 126 cm³/mol. The highest BCUT2D eigenvalue weighted by Gasteiger charge is 2.25. The summed E-state index contributed by atoms with van der Waals surface area (Å²) in [4.78, 5) is 18.8. The lowest BCUT2D eigenvalue weighted by Gasteiger charge is -2.17. The Hall–Kier alpha value is -2.91. The van der Waals surface area contributed by atoms with Crippen molar-refractivity contribution < 1.29 is 17.7 Å². The van der Waals surface area contributed by atoms with Gasteiger partial charge in [-0.1, -0.05) is 47.8 Å². The summed E-state index contributed by atoms with van der Waals surface area (Å²) >= 11 is 6.20. The molecular formula is C23H25ClN4O4S. The van der Waals surface area contributed by atoms with E-state index in [4.69, 9.17) is 16.1 Å². The SMILES string of the molecule is Cc1ccc(NS(=O)(=O)c2cc(-c3noc(C(=O)N4CCCCCC4)n3)ccc2C)c(Cl)c1. The summed E-state index contributed by atoms with van der Waals surface area (Å²) in [5.41, 5.74) is 2.18. The number of benzene rings is 2. The minimum Gasteiger partial charge on any atom is -0.334 e. The number of hydrogen-bond acceptors (Lipinski definition) is 6. The fourth-order valence-corrected chi connectivity index (χ4v) is 5.46. The molecule has 0 radical (unpaired) electrons. The fraction of sp³-hybridized carbons (Fsp3) is 0.348. The monoisotopic (exact) mass is 488 g/mol. The Morgan fingerprint density at radius 1 is 1.06 bits per heavy atom. The van der Waals surface area contributed by atoms with Crippen LogP contribution >= 0.6 is 11.6 Å². The van der Waals surface area contributed by atoms with E-state index in [1.807, 2.05) is 6.92 Å². The molecule has 1 amide bonds. The number of carbonyl (C=O) groups excluding carboxylic acids is 1. The van der Waals surface area contributed by atoms with Crippen molar-refractivity contribution in [2.24, 2.45) is 0 Å². The minimum absolute atomic E-state index is 0.0573. The number of amides is 1. The second-order valence-corrected chi connectivity index (χ2v) is 10.3. The topological polar surface area (TPSA) is 105 Å². The lowest BCUT2D eigenvalue weighted by molar-refractivity contribution is 0.0711. The molecule has 33 heavy (non-hydrogen) atoms. The van der Waals surface area contributed by atoms with Gasteiger partial charge in [-0.25, -0.2) is 8.42 Å². The second kappa shape index (κ2) is 9.52. The highest BCUT2D eigenvalue weighted by molar-refractivity contribution is 7.92. The van der Waals surface area contributed by atoms with Crippen LogP contribution in [0.25, 0.3) is 11.4 Å². The molecule has 1 saturated heterocycles. The summed E-state index contributed by atoms with van der Waals surface area (Å²) in [5.74, 6) is -0.245. The van der Waals surface area contributed by atoms with Gasteiger partial charge in [-0.05, 0) is 56.0 Å². The zero-order valence-corrected chi connectivity index (χ0v) is 20.0. The van der Waals surface area contributed by atoms with Gasteiger partial charge in [-0.2, -0.15) is 4.98 Å². The summed E-state index contributed by atoms with van der Waals surface area (Å²) in [6.45, 7) is 4.89. The fourth-order valence-electron chi connectivity index (χ4n) is 3.77. The van der Waals surface area contributed by atoms with E-state index < -0.39 is 10.0 Å². The molecule has 3 aromatic rings. The zero-order valence-electron chi connectivity index (χ0n) is 18.5. The number of halogens is 1. The smallest absolute Gasteiger partial charge is 0.316 e. The normalized spacial score (nSPS) is 14.7. The van der Waals surface area contributed by atoms with Crippen LogP contribution in [-0.4, -0.2) is 42.5 Å². The molecule has 1 N–H and O–H groups in total. The van der Waals surface area contributed by atoms with Crippen molar-refractivity contribution >= 4 is 33.2 Å². The van der Waals surface area contributed by atoms with Crippen LogP contribution in [0.1, 0.15) is 47.5 Å². The van der Waals surface area contributed by atoms with E-state index in [2.05, 4.69) is 14.9 Å². The van der Waals surface area contributed by atoms with E-state index in [0.717, 1.165) is 31.2 Å². The Morgan fingerprint density at radius 2 is 1.79 bits per heavy atom. The van der Waals surface area contributed by atoms with Crippen molar-refractivity contribution in [3.8, 4) is 11.4 Å². The predicted octanol–water partition coefficient (Wildman–Crippen LogP) is 4.82. The molecule has 0 saturated carbocycles. The van der Waals surface area contributed by atoms with Crippen LogP contribution in [-0.2, 0) is 10.0 Å². The number of nitrogens with one attached hydrogen (secondary N) is 1. The Balaban J connectivity index is 1.60. The summed E-state index contributed by atoms with van der Waals surface area (Å²) in [7, 11) is -3.94. The molecule has 1 aliphatic heterocycles. The quantitative estimate of drug-likeness (QED) is 0.551. The highest BCUT2D eigenvalue weighted by Crippen LogP contribution is 2.29. The molecule has 0 spiro atoms. The van der Waals surface area contributed by atoms with Gasteiger partial charge in [0.1, 0.15) is 0 Å². The number of rotatable bonds is 5. The van der Waals surface area contributed by atoms with Crippen LogP contribution in [0.15, 0.2) is 45.8 Å². The zero-order chi connectivity index (χ0) is 23.6. The Bertz CT molecular complexity index is 1280. The molecule has 174 valence electrons. The van der Waals surface area contributed by atoms with Gasteiger partial charge in [0, 0.05) is 18.7 Å². The van der Waals surface area contributed by atoms with Gasteiger partial charge in [0.2, 0.25) is 5.82 Å². The first-order valence-electron chi connectivity index (χ1n) is 10.8. The van der Waals surface area contributed by atoms with Gasteiger partial charge < -0.3 is 9.42 Å². The van der Waals surface area contributed by atoms with Crippen LogP contribution in [0.4, 0.5) is 5.69 Å². The van der Waals surface area contributed by atoms with E-state index in [-0.39, 0.29) is 28.2 Å². The van der Waals surface area contributed by atoms with Crippen LogP contribution in [0.3, 0.4) is 0 Å². The first-order valence-corrected chi connectivity index (χ1v) is 12.6. The number of aryl methyl sites for hydroxylation is 2. The molecule has 0 bridgehead atoms. The van der Waals surface area contributed by atoms with Crippen LogP contribution in [0.2, 0.25) is 5.02 Å². The van der Waals surface area contributed by atoms with E-state index in [9.17, 15) is 13.2 Å². The number of anilines is 1. The first kappa shape index (κ1) is 23.3. The van der Waals surface area contributed by atoms with E-state index in [1.165, 1.54) is 6.07 Å². The van der Waals surface area contributed by atoms with Crippen molar-refractivity contribution in [1.82, 2.24) is 15.0 Å². The molecule has 1 aromatic heterocycles. The molecule has 0 aliphatic carbocycles. The van der Waals surface area contributed by atoms with Gasteiger partial charge in [0.25, 0.3) is 10.0 Å². The van der Waals surface area contributed by atoms with Crippen molar-refractivity contribution in [2.45, 2.75) is 44.4 Å². The van der Waals surface area contributed by atoms with E-state index in [0.29, 0.717) is 29.2 Å².